The summed E-state index contributed by atoms with van der Waals surface area (Å²) in [5, 5.41) is 3.15. The quantitative estimate of drug-likeness (QED) is 0.916. The predicted octanol–water partition coefficient (Wildman–Crippen LogP) is 1.47. The second-order valence-corrected chi connectivity index (χ2v) is 5.94. The maximum absolute atomic E-state index is 12.1. The molecule has 1 N–H and O–H groups in total. The molecule has 1 spiro atoms. The van der Waals surface area contributed by atoms with Gasteiger partial charge in [0, 0.05) is 38.3 Å². The predicted molar refractivity (Wildman–Crippen MR) is 77.8 cm³/mol. The van der Waals surface area contributed by atoms with Gasteiger partial charge in [-0.15, -0.1) is 0 Å². The van der Waals surface area contributed by atoms with Crippen LogP contribution in [0.4, 0.5) is 0 Å². The fraction of sp³-hybridized carbons (Fsp3) is 0.625. The van der Waals surface area contributed by atoms with Crippen LogP contribution in [0.15, 0.2) is 24.5 Å². The molecule has 0 saturated carbocycles. The van der Waals surface area contributed by atoms with Crippen LogP contribution in [0.5, 0.6) is 0 Å². The molecule has 1 aromatic heterocycles. The van der Waals surface area contributed by atoms with Gasteiger partial charge in [0.2, 0.25) is 5.91 Å². The molecule has 114 valence electrons. The molecule has 0 unspecified atom stereocenters. The highest BCUT2D eigenvalue weighted by Gasteiger charge is 2.39. The maximum Gasteiger partial charge on any atom is 0.224 e. The number of amides is 1. The number of aromatic nitrogens is 1. The van der Waals surface area contributed by atoms with E-state index in [2.05, 4.69) is 10.3 Å². The Bertz CT molecular complexity index is 466. The minimum atomic E-state index is -0.0806. The fourth-order valence-corrected chi connectivity index (χ4v) is 3.21. The first-order valence-corrected chi connectivity index (χ1v) is 7.66. The normalized spacial score (nSPS) is 24.7. The van der Waals surface area contributed by atoms with E-state index in [1.165, 1.54) is 0 Å². The highest BCUT2D eigenvalue weighted by molar-refractivity contribution is 5.78. The largest absolute Gasteiger partial charge is 0.381 e. The van der Waals surface area contributed by atoms with Gasteiger partial charge >= 0.3 is 0 Å². The lowest BCUT2D eigenvalue weighted by Gasteiger charge is -2.43. The van der Waals surface area contributed by atoms with Crippen LogP contribution in [0, 0.1) is 0 Å². The molecule has 1 aromatic rings. The molecule has 2 fully saturated rings. The highest BCUT2D eigenvalue weighted by atomic mass is 16.5. The third kappa shape index (κ3) is 3.80. The van der Waals surface area contributed by atoms with Crippen molar-refractivity contribution in [2.45, 2.75) is 43.7 Å². The van der Waals surface area contributed by atoms with Gasteiger partial charge < -0.3 is 14.8 Å². The van der Waals surface area contributed by atoms with Gasteiger partial charge in [-0.3, -0.25) is 9.78 Å². The molecule has 3 heterocycles. The van der Waals surface area contributed by atoms with Gasteiger partial charge in [-0.1, -0.05) is 6.07 Å². The van der Waals surface area contributed by atoms with Crippen molar-refractivity contribution in [3.05, 3.63) is 30.1 Å². The third-order valence-corrected chi connectivity index (χ3v) is 4.35. The number of pyridine rings is 1. The first-order chi connectivity index (χ1) is 10.3. The smallest absolute Gasteiger partial charge is 0.224 e. The first kappa shape index (κ1) is 14.5. The lowest BCUT2D eigenvalue weighted by molar-refractivity contribution is -0.143. The molecule has 0 bridgehead atoms. The zero-order chi connectivity index (χ0) is 14.5. The van der Waals surface area contributed by atoms with E-state index in [9.17, 15) is 4.79 Å². The molecule has 2 saturated heterocycles. The molecule has 1 atom stereocenters. The first-order valence-electron chi connectivity index (χ1n) is 7.66. The SMILES string of the molecule is O=C(Cc1cccnc1)N[C@@H]1CCOC2(CCOCC2)C1. The molecule has 5 heteroatoms. The van der Waals surface area contributed by atoms with E-state index in [0.717, 1.165) is 51.1 Å². The van der Waals surface area contributed by atoms with Crippen molar-refractivity contribution in [2.75, 3.05) is 19.8 Å². The van der Waals surface area contributed by atoms with Crippen molar-refractivity contribution >= 4 is 5.91 Å². The average Bonchev–Trinajstić information content (AvgIpc) is 2.49. The maximum atomic E-state index is 12.1. The van der Waals surface area contributed by atoms with Crippen LogP contribution in [0.3, 0.4) is 0 Å². The topological polar surface area (TPSA) is 60.5 Å². The molecule has 5 nitrogen and oxygen atoms in total. The van der Waals surface area contributed by atoms with Crippen LogP contribution >= 0.6 is 0 Å². The summed E-state index contributed by atoms with van der Waals surface area (Å²) in [5.41, 5.74) is 0.866. The Labute approximate surface area is 125 Å². The zero-order valence-corrected chi connectivity index (χ0v) is 12.2. The van der Waals surface area contributed by atoms with Gasteiger partial charge in [0.25, 0.3) is 0 Å². The molecule has 0 radical (unpaired) electrons. The van der Waals surface area contributed by atoms with Crippen molar-refractivity contribution in [2.24, 2.45) is 0 Å². The number of carbonyl (C=O) groups is 1. The second kappa shape index (κ2) is 6.54. The number of nitrogens with zero attached hydrogens (tertiary/aromatic N) is 1. The second-order valence-electron chi connectivity index (χ2n) is 5.94. The number of rotatable bonds is 3. The summed E-state index contributed by atoms with van der Waals surface area (Å²) >= 11 is 0. The minimum Gasteiger partial charge on any atom is -0.381 e. The molecule has 2 aliphatic heterocycles. The lowest BCUT2D eigenvalue weighted by Crippen LogP contribution is -2.51. The lowest BCUT2D eigenvalue weighted by atomic mass is 9.84. The van der Waals surface area contributed by atoms with Crippen LogP contribution in [0.2, 0.25) is 0 Å². The van der Waals surface area contributed by atoms with E-state index >= 15 is 0 Å². The van der Waals surface area contributed by atoms with Gasteiger partial charge in [0.1, 0.15) is 0 Å². The Morgan fingerprint density at radius 2 is 2.24 bits per heavy atom. The summed E-state index contributed by atoms with van der Waals surface area (Å²) in [7, 11) is 0. The van der Waals surface area contributed by atoms with Gasteiger partial charge in [0.05, 0.1) is 12.0 Å². The molecular formula is C16H22N2O3. The number of hydrogen-bond donors (Lipinski definition) is 1. The van der Waals surface area contributed by atoms with E-state index in [1.807, 2.05) is 12.1 Å². The van der Waals surface area contributed by atoms with E-state index in [1.54, 1.807) is 12.4 Å². The molecule has 2 aliphatic rings. The Balaban J connectivity index is 1.53. The number of ether oxygens (including phenoxy) is 2. The zero-order valence-electron chi connectivity index (χ0n) is 12.2. The van der Waals surface area contributed by atoms with Gasteiger partial charge in [-0.05, 0) is 37.3 Å². The minimum absolute atomic E-state index is 0.0668. The number of carbonyl (C=O) groups excluding carboxylic acids is 1. The Hall–Kier alpha value is -1.46. The monoisotopic (exact) mass is 290 g/mol. The molecule has 21 heavy (non-hydrogen) atoms. The summed E-state index contributed by atoms with van der Waals surface area (Å²) < 4.78 is 11.4. The Morgan fingerprint density at radius 3 is 3.00 bits per heavy atom. The van der Waals surface area contributed by atoms with Crippen molar-refractivity contribution < 1.29 is 14.3 Å². The van der Waals surface area contributed by atoms with Gasteiger partial charge in [-0.25, -0.2) is 0 Å². The molecule has 0 aliphatic carbocycles. The van der Waals surface area contributed by atoms with Crippen LogP contribution in [-0.4, -0.2) is 42.4 Å². The summed E-state index contributed by atoms with van der Waals surface area (Å²) in [5.74, 6) is 0.0668. The summed E-state index contributed by atoms with van der Waals surface area (Å²) in [6.07, 6.45) is 7.50. The Morgan fingerprint density at radius 1 is 1.38 bits per heavy atom. The highest BCUT2D eigenvalue weighted by Crippen LogP contribution is 2.34. The van der Waals surface area contributed by atoms with E-state index < -0.39 is 0 Å². The summed E-state index contributed by atoms with van der Waals surface area (Å²) in [6, 6.07) is 3.99. The number of hydrogen-bond acceptors (Lipinski definition) is 4. The molecule has 3 rings (SSSR count). The standard InChI is InChI=1S/C16H22N2O3/c19-15(10-13-2-1-6-17-12-13)18-14-3-7-21-16(11-14)4-8-20-9-5-16/h1-2,6,12,14H,3-5,7-11H2,(H,18,19)/t14-/m1/s1. The van der Waals surface area contributed by atoms with Crippen molar-refractivity contribution in [1.82, 2.24) is 10.3 Å². The Kier molecular flexibility index (Phi) is 4.51. The van der Waals surface area contributed by atoms with Crippen LogP contribution in [0.25, 0.3) is 0 Å². The van der Waals surface area contributed by atoms with Gasteiger partial charge in [-0.2, -0.15) is 0 Å². The molecule has 0 aromatic carbocycles. The summed E-state index contributed by atoms with van der Waals surface area (Å²) in [6.45, 7) is 2.24. The third-order valence-electron chi connectivity index (χ3n) is 4.35. The molecular weight excluding hydrogens is 268 g/mol. The van der Waals surface area contributed by atoms with Crippen LogP contribution in [0.1, 0.15) is 31.2 Å². The van der Waals surface area contributed by atoms with Crippen LogP contribution in [-0.2, 0) is 20.7 Å². The van der Waals surface area contributed by atoms with Crippen molar-refractivity contribution in [3.8, 4) is 0 Å². The van der Waals surface area contributed by atoms with E-state index in [0.29, 0.717) is 6.42 Å². The van der Waals surface area contributed by atoms with E-state index in [4.69, 9.17) is 9.47 Å². The van der Waals surface area contributed by atoms with Crippen molar-refractivity contribution in [3.63, 3.8) is 0 Å². The average molecular weight is 290 g/mol. The fourth-order valence-electron chi connectivity index (χ4n) is 3.21. The summed E-state index contributed by atoms with van der Waals surface area (Å²) in [4.78, 5) is 16.2. The van der Waals surface area contributed by atoms with Crippen LogP contribution < -0.4 is 5.32 Å². The van der Waals surface area contributed by atoms with Gasteiger partial charge in [0.15, 0.2) is 0 Å². The molecule has 1 amide bonds. The number of nitrogens with one attached hydrogen (secondary N) is 1. The van der Waals surface area contributed by atoms with Crippen molar-refractivity contribution in [1.29, 1.82) is 0 Å². The van der Waals surface area contributed by atoms with E-state index in [-0.39, 0.29) is 17.6 Å².